The molecule has 0 fully saturated rings. The predicted molar refractivity (Wildman–Crippen MR) is 91.0 cm³/mol. The van der Waals surface area contributed by atoms with Crippen molar-refractivity contribution in [3.8, 4) is 5.75 Å². The molecule has 0 aliphatic heterocycles. The summed E-state index contributed by atoms with van der Waals surface area (Å²) in [5, 5.41) is 0.549. The maximum Gasteiger partial charge on any atom is 0.262 e. The van der Waals surface area contributed by atoms with Gasteiger partial charge in [0.1, 0.15) is 5.75 Å². The first-order valence-corrected chi connectivity index (χ1v) is 7.75. The summed E-state index contributed by atoms with van der Waals surface area (Å²) >= 11 is 5.98. The van der Waals surface area contributed by atoms with Crippen LogP contribution in [0.3, 0.4) is 0 Å². The molecule has 0 aliphatic carbocycles. The molecular formula is C18H20ClNO2. The van der Waals surface area contributed by atoms with Crippen molar-refractivity contribution in [1.29, 1.82) is 0 Å². The highest BCUT2D eigenvalue weighted by Crippen LogP contribution is 2.26. The number of halogens is 1. The molecule has 4 heteroatoms. The predicted octanol–water partition coefficient (Wildman–Crippen LogP) is 4.80. The summed E-state index contributed by atoms with van der Waals surface area (Å²) in [5.74, 6) is 0.420. The summed E-state index contributed by atoms with van der Waals surface area (Å²) in [6.07, 6.45) is 1.96. The second kappa shape index (κ2) is 7.85. The molecule has 0 radical (unpaired) electrons. The highest BCUT2D eigenvalue weighted by Gasteiger charge is 2.20. The molecule has 0 spiro atoms. The second-order valence-corrected chi connectivity index (χ2v) is 5.43. The van der Waals surface area contributed by atoms with Gasteiger partial charge >= 0.3 is 0 Å². The van der Waals surface area contributed by atoms with Gasteiger partial charge in [0.15, 0.2) is 0 Å². The van der Waals surface area contributed by atoms with Crippen LogP contribution >= 0.6 is 11.6 Å². The van der Waals surface area contributed by atoms with E-state index in [0.717, 1.165) is 18.5 Å². The minimum absolute atomic E-state index is 0.0758. The van der Waals surface area contributed by atoms with Crippen LogP contribution in [0.25, 0.3) is 0 Å². The van der Waals surface area contributed by atoms with E-state index >= 15 is 0 Å². The third-order valence-electron chi connectivity index (χ3n) is 3.44. The van der Waals surface area contributed by atoms with Gasteiger partial charge in [0, 0.05) is 17.3 Å². The van der Waals surface area contributed by atoms with Crippen LogP contribution in [-0.4, -0.2) is 19.6 Å². The molecule has 0 aromatic heterocycles. The summed E-state index contributed by atoms with van der Waals surface area (Å²) in [4.78, 5) is 14.7. The summed E-state index contributed by atoms with van der Waals surface area (Å²) < 4.78 is 5.31. The lowest BCUT2D eigenvalue weighted by molar-refractivity contribution is 0.0983. The number of ether oxygens (including phenoxy) is 1. The lowest BCUT2D eigenvalue weighted by Gasteiger charge is -2.23. The number of para-hydroxylation sites is 1. The van der Waals surface area contributed by atoms with E-state index in [4.69, 9.17) is 16.3 Å². The molecule has 0 saturated heterocycles. The average Bonchev–Trinajstić information content (AvgIpc) is 2.55. The van der Waals surface area contributed by atoms with Crippen LogP contribution in [0.1, 0.15) is 30.1 Å². The van der Waals surface area contributed by atoms with Crippen molar-refractivity contribution in [3.63, 3.8) is 0 Å². The number of hydrogen-bond donors (Lipinski definition) is 0. The van der Waals surface area contributed by atoms with Crippen LogP contribution in [0.2, 0.25) is 5.02 Å². The van der Waals surface area contributed by atoms with E-state index in [1.165, 1.54) is 0 Å². The summed E-state index contributed by atoms with van der Waals surface area (Å²) in [6.45, 7) is 2.78. The van der Waals surface area contributed by atoms with Crippen LogP contribution in [0.15, 0.2) is 48.5 Å². The maximum atomic E-state index is 12.9. The normalized spacial score (nSPS) is 10.3. The Bertz CT molecular complexity index is 628. The van der Waals surface area contributed by atoms with Crippen LogP contribution in [0.5, 0.6) is 5.75 Å². The number of nitrogens with zero attached hydrogens (tertiary/aromatic N) is 1. The molecular weight excluding hydrogens is 298 g/mol. The van der Waals surface area contributed by atoms with Crippen LogP contribution in [0, 0.1) is 0 Å². The van der Waals surface area contributed by atoms with Crippen molar-refractivity contribution in [2.24, 2.45) is 0 Å². The van der Waals surface area contributed by atoms with Crippen molar-refractivity contribution in [2.45, 2.75) is 19.8 Å². The number of benzene rings is 2. The summed E-state index contributed by atoms with van der Waals surface area (Å²) in [7, 11) is 1.54. The zero-order valence-corrected chi connectivity index (χ0v) is 13.6. The monoisotopic (exact) mass is 317 g/mol. The van der Waals surface area contributed by atoms with Gasteiger partial charge in [-0.25, -0.2) is 0 Å². The number of amides is 1. The molecule has 0 bridgehead atoms. The van der Waals surface area contributed by atoms with E-state index < -0.39 is 0 Å². The number of hydrogen-bond acceptors (Lipinski definition) is 2. The SMILES string of the molecule is CCCCN(C(=O)c1ccc(Cl)cc1OC)c1ccccc1. The van der Waals surface area contributed by atoms with E-state index in [-0.39, 0.29) is 5.91 Å². The highest BCUT2D eigenvalue weighted by atomic mass is 35.5. The minimum atomic E-state index is -0.0758. The Morgan fingerprint density at radius 2 is 1.91 bits per heavy atom. The van der Waals surface area contributed by atoms with E-state index in [1.54, 1.807) is 30.2 Å². The van der Waals surface area contributed by atoms with Gasteiger partial charge in [0.05, 0.1) is 12.7 Å². The van der Waals surface area contributed by atoms with Crippen LogP contribution in [0.4, 0.5) is 5.69 Å². The third kappa shape index (κ3) is 3.80. The molecule has 0 atom stereocenters. The van der Waals surface area contributed by atoms with E-state index in [2.05, 4.69) is 6.92 Å². The smallest absolute Gasteiger partial charge is 0.262 e. The van der Waals surface area contributed by atoms with Gasteiger partial charge in [-0.2, -0.15) is 0 Å². The Labute approximate surface area is 136 Å². The standard InChI is InChI=1S/C18H20ClNO2/c1-3-4-12-20(15-8-6-5-7-9-15)18(21)16-11-10-14(19)13-17(16)22-2/h5-11,13H,3-4,12H2,1-2H3. The van der Waals surface area contributed by atoms with E-state index in [1.807, 2.05) is 30.3 Å². The zero-order chi connectivity index (χ0) is 15.9. The first-order valence-electron chi connectivity index (χ1n) is 7.37. The number of methoxy groups -OCH3 is 1. The van der Waals surface area contributed by atoms with Crippen LogP contribution < -0.4 is 9.64 Å². The highest BCUT2D eigenvalue weighted by molar-refractivity contribution is 6.31. The van der Waals surface area contributed by atoms with Gasteiger partial charge in [-0.1, -0.05) is 43.1 Å². The van der Waals surface area contributed by atoms with Gasteiger partial charge < -0.3 is 9.64 Å². The lowest BCUT2D eigenvalue weighted by Crippen LogP contribution is -2.32. The topological polar surface area (TPSA) is 29.5 Å². The first-order chi connectivity index (χ1) is 10.7. The van der Waals surface area contributed by atoms with E-state index in [0.29, 0.717) is 22.9 Å². The Kier molecular flexibility index (Phi) is 5.84. The third-order valence-corrected chi connectivity index (χ3v) is 3.68. The largest absolute Gasteiger partial charge is 0.496 e. The molecule has 2 aromatic carbocycles. The van der Waals surface area contributed by atoms with Crippen molar-refractivity contribution < 1.29 is 9.53 Å². The molecule has 22 heavy (non-hydrogen) atoms. The number of unbranched alkanes of at least 4 members (excludes halogenated alkanes) is 1. The molecule has 2 aromatic rings. The Morgan fingerprint density at radius 3 is 2.55 bits per heavy atom. The van der Waals surface area contributed by atoms with E-state index in [9.17, 15) is 4.79 Å². The number of rotatable bonds is 6. The molecule has 116 valence electrons. The zero-order valence-electron chi connectivity index (χ0n) is 12.9. The molecule has 0 heterocycles. The molecule has 1 amide bonds. The first kappa shape index (κ1) is 16.4. The minimum Gasteiger partial charge on any atom is -0.496 e. The van der Waals surface area contributed by atoms with Crippen molar-refractivity contribution in [1.82, 2.24) is 0 Å². The molecule has 0 N–H and O–H groups in total. The van der Waals surface area contributed by atoms with Gasteiger partial charge in [0.25, 0.3) is 5.91 Å². The fraction of sp³-hybridized carbons (Fsp3) is 0.278. The quantitative estimate of drug-likeness (QED) is 0.766. The molecule has 2 rings (SSSR count). The summed E-state index contributed by atoms with van der Waals surface area (Å²) in [6, 6.07) is 14.8. The van der Waals surface area contributed by atoms with Crippen molar-refractivity contribution in [3.05, 3.63) is 59.1 Å². The lowest BCUT2D eigenvalue weighted by atomic mass is 10.1. The maximum absolute atomic E-state index is 12.9. The molecule has 3 nitrogen and oxygen atoms in total. The molecule has 0 saturated carbocycles. The Hall–Kier alpha value is -2.00. The van der Waals surface area contributed by atoms with Gasteiger partial charge in [-0.05, 0) is 36.8 Å². The van der Waals surface area contributed by atoms with Crippen molar-refractivity contribution >= 4 is 23.2 Å². The fourth-order valence-corrected chi connectivity index (χ4v) is 2.42. The number of carbonyl (C=O) groups is 1. The fourth-order valence-electron chi connectivity index (χ4n) is 2.26. The summed E-state index contributed by atoms with van der Waals surface area (Å²) in [5.41, 5.74) is 1.41. The van der Waals surface area contributed by atoms with Gasteiger partial charge in [0.2, 0.25) is 0 Å². The number of anilines is 1. The average molecular weight is 318 g/mol. The number of carbonyl (C=O) groups excluding carboxylic acids is 1. The second-order valence-electron chi connectivity index (χ2n) is 4.99. The Morgan fingerprint density at radius 1 is 1.18 bits per heavy atom. The molecule has 0 unspecified atom stereocenters. The Balaban J connectivity index is 2.37. The van der Waals surface area contributed by atoms with Crippen LogP contribution in [-0.2, 0) is 0 Å². The van der Waals surface area contributed by atoms with Crippen molar-refractivity contribution in [2.75, 3.05) is 18.6 Å². The van der Waals surface area contributed by atoms with Gasteiger partial charge in [-0.15, -0.1) is 0 Å². The molecule has 0 aliphatic rings. The van der Waals surface area contributed by atoms with Gasteiger partial charge in [-0.3, -0.25) is 4.79 Å².